The number of nitrogens with two attached hydrogens (primary N) is 1. The summed E-state index contributed by atoms with van der Waals surface area (Å²) in [5.74, 6) is -1.20. The van der Waals surface area contributed by atoms with E-state index in [-0.39, 0.29) is 27.9 Å². The van der Waals surface area contributed by atoms with E-state index < -0.39 is 22.8 Å². The van der Waals surface area contributed by atoms with Crippen molar-refractivity contribution in [3.05, 3.63) is 64.0 Å². The summed E-state index contributed by atoms with van der Waals surface area (Å²) >= 11 is 0.975. The van der Waals surface area contributed by atoms with Crippen molar-refractivity contribution in [3.63, 3.8) is 0 Å². The van der Waals surface area contributed by atoms with Gasteiger partial charge in [0.05, 0.1) is 15.7 Å². The molecule has 1 aromatic heterocycles. The molecule has 0 fully saturated rings. The highest BCUT2D eigenvalue weighted by Gasteiger charge is 2.16. The van der Waals surface area contributed by atoms with Crippen LogP contribution in [-0.4, -0.2) is 24.6 Å². The summed E-state index contributed by atoms with van der Waals surface area (Å²) in [4.78, 5) is 20.2. The number of hydrogen-bond acceptors (Lipinski definition) is 7. The lowest BCUT2D eigenvalue weighted by Gasteiger charge is -2.14. The van der Waals surface area contributed by atoms with E-state index in [2.05, 4.69) is 36.5 Å². The minimum Gasteiger partial charge on any atom is -0.768 e. The zero-order valence-electron chi connectivity index (χ0n) is 14.9. The van der Waals surface area contributed by atoms with Gasteiger partial charge in [-0.15, -0.1) is 0 Å². The van der Waals surface area contributed by atoms with Crippen LogP contribution >= 0.6 is 15.9 Å². The molecule has 29 heavy (non-hydrogen) atoms. The van der Waals surface area contributed by atoms with Crippen LogP contribution in [0.25, 0.3) is 0 Å². The van der Waals surface area contributed by atoms with E-state index in [1.807, 2.05) is 0 Å². The SMILES string of the molecule is Cc1cc(S(=O)[O-])ccc1Nc1ncc(Br)c(Nc2cccc(F)c2C(N)=O)n1. The van der Waals surface area contributed by atoms with Crippen molar-refractivity contribution < 1.29 is 17.9 Å². The van der Waals surface area contributed by atoms with Gasteiger partial charge < -0.3 is 20.9 Å². The number of hydrogen-bond donors (Lipinski definition) is 3. The van der Waals surface area contributed by atoms with E-state index in [4.69, 9.17) is 5.73 Å². The second kappa shape index (κ2) is 8.64. The minimum absolute atomic E-state index is 0.154. The lowest BCUT2D eigenvalue weighted by Crippen LogP contribution is -2.16. The third kappa shape index (κ3) is 4.75. The van der Waals surface area contributed by atoms with Gasteiger partial charge in [-0.05, 0) is 69.8 Å². The number of benzene rings is 2. The molecule has 1 unspecified atom stereocenters. The van der Waals surface area contributed by atoms with Gasteiger partial charge in [-0.2, -0.15) is 4.98 Å². The lowest BCUT2D eigenvalue weighted by molar-refractivity contribution is 0.0997. The first kappa shape index (κ1) is 20.8. The summed E-state index contributed by atoms with van der Waals surface area (Å²) < 4.78 is 36.6. The van der Waals surface area contributed by atoms with Crippen LogP contribution in [0, 0.1) is 12.7 Å². The Bertz CT molecular complexity index is 1130. The molecule has 3 aromatic rings. The zero-order valence-corrected chi connectivity index (χ0v) is 17.3. The first-order chi connectivity index (χ1) is 13.8. The van der Waals surface area contributed by atoms with Crippen molar-refractivity contribution in [3.8, 4) is 0 Å². The fourth-order valence-corrected chi connectivity index (χ4v) is 3.26. The van der Waals surface area contributed by atoms with Gasteiger partial charge in [-0.1, -0.05) is 6.07 Å². The number of carbonyl (C=O) groups excluding carboxylic acids is 1. The lowest BCUT2D eigenvalue weighted by atomic mass is 10.1. The standard InChI is InChI=1S/C18H15BrFN5O3S/c1-9-7-10(29(27)28)5-6-13(9)24-18-22-8-11(19)17(25-18)23-14-4-2-3-12(20)15(14)16(21)26/h2-8H,1H3,(H2,21,26)(H,27,28)(H2,22,23,24,25)/p-1. The Balaban J connectivity index is 1.91. The minimum atomic E-state index is -2.33. The maximum absolute atomic E-state index is 14.0. The van der Waals surface area contributed by atoms with Crippen molar-refractivity contribution in [2.45, 2.75) is 11.8 Å². The Morgan fingerprint density at radius 3 is 2.66 bits per heavy atom. The zero-order chi connectivity index (χ0) is 21.1. The Morgan fingerprint density at radius 1 is 1.24 bits per heavy atom. The average Bonchev–Trinajstić information content (AvgIpc) is 2.65. The smallest absolute Gasteiger partial charge is 0.253 e. The molecule has 0 aliphatic carbocycles. The summed E-state index contributed by atoms with van der Waals surface area (Å²) in [6, 6.07) is 8.61. The quantitative estimate of drug-likeness (QED) is 0.461. The number of nitrogens with one attached hydrogen (secondary N) is 2. The summed E-state index contributed by atoms with van der Waals surface area (Å²) in [7, 11) is 0. The number of carbonyl (C=O) groups is 1. The number of rotatable bonds is 6. The maximum atomic E-state index is 14.0. The van der Waals surface area contributed by atoms with Crippen LogP contribution in [0.3, 0.4) is 0 Å². The highest BCUT2D eigenvalue weighted by atomic mass is 79.9. The number of primary amides is 1. The van der Waals surface area contributed by atoms with Crippen molar-refractivity contribution in [1.29, 1.82) is 0 Å². The van der Waals surface area contributed by atoms with Crippen molar-refractivity contribution >= 4 is 56.1 Å². The van der Waals surface area contributed by atoms with E-state index in [0.717, 1.165) is 6.07 Å². The van der Waals surface area contributed by atoms with Gasteiger partial charge >= 0.3 is 0 Å². The van der Waals surface area contributed by atoms with Crippen LogP contribution in [0.4, 0.5) is 27.5 Å². The van der Waals surface area contributed by atoms with Crippen LogP contribution in [0.1, 0.15) is 15.9 Å². The molecule has 0 saturated carbocycles. The molecule has 8 nitrogen and oxygen atoms in total. The fourth-order valence-electron chi connectivity index (χ4n) is 2.52. The molecule has 0 spiro atoms. The molecule has 4 N–H and O–H groups in total. The van der Waals surface area contributed by atoms with E-state index in [1.165, 1.54) is 30.5 Å². The number of anilines is 4. The van der Waals surface area contributed by atoms with Gasteiger partial charge in [0.15, 0.2) is 0 Å². The van der Waals surface area contributed by atoms with Crippen LogP contribution in [-0.2, 0) is 11.1 Å². The molecule has 0 saturated heterocycles. The normalized spacial score (nSPS) is 11.7. The Hall–Kier alpha value is -2.89. The number of amides is 1. The maximum Gasteiger partial charge on any atom is 0.253 e. The number of halogens is 2. The molecule has 3 rings (SSSR count). The molecule has 11 heteroatoms. The summed E-state index contributed by atoms with van der Waals surface area (Å²) in [6.07, 6.45) is 1.47. The van der Waals surface area contributed by atoms with E-state index in [1.54, 1.807) is 13.0 Å². The first-order valence-electron chi connectivity index (χ1n) is 8.11. The van der Waals surface area contributed by atoms with Crippen molar-refractivity contribution in [1.82, 2.24) is 9.97 Å². The number of aromatic nitrogens is 2. The topological polar surface area (TPSA) is 133 Å². The Labute approximate surface area is 176 Å². The second-order valence-electron chi connectivity index (χ2n) is 5.88. The molecule has 0 aliphatic heterocycles. The van der Waals surface area contributed by atoms with Gasteiger partial charge in [0.25, 0.3) is 5.91 Å². The molecular formula is C18H14BrFN5O3S-. The second-order valence-corrected chi connectivity index (χ2v) is 7.67. The Morgan fingerprint density at radius 2 is 2.00 bits per heavy atom. The predicted octanol–water partition coefficient (Wildman–Crippen LogP) is 3.51. The van der Waals surface area contributed by atoms with Gasteiger partial charge in [0, 0.05) is 16.8 Å². The van der Waals surface area contributed by atoms with Gasteiger partial charge in [-0.3, -0.25) is 9.00 Å². The molecular weight excluding hydrogens is 465 g/mol. The van der Waals surface area contributed by atoms with Gasteiger partial charge in [0.1, 0.15) is 11.6 Å². The third-order valence-electron chi connectivity index (χ3n) is 3.89. The molecule has 0 radical (unpaired) electrons. The van der Waals surface area contributed by atoms with Crippen molar-refractivity contribution in [2.75, 3.05) is 10.6 Å². The molecule has 2 aromatic carbocycles. The average molecular weight is 479 g/mol. The van der Waals surface area contributed by atoms with Gasteiger partial charge in [-0.25, -0.2) is 9.37 Å². The highest BCUT2D eigenvalue weighted by molar-refractivity contribution is 9.10. The van der Waals surface area contributed by atoms with Crippen LogP contribution < -0.4 is 16.4 Å². The van der Waals surface area contributed by atoms with Crippen LogP contribution in [0.15, 0.2) is 52.0 Å². The summed E-state index contributed by atoms with van der Waals surface area (Å²) in [5, 5.41) is 5.86. The van der Waals surface area contributed by atoms with E-state index >= 15 is 0 Å². The summed E-state index contributed by atoms with van der Waals surface area (Å²) in [5.41, 5.74) is 6.42. The van der Waals surface area contributed by atoms with Crippen LogP contribution in [0.5, 0.6) is 0 Å². The highest BCUT2D eigenvalue weighted by Crippen LogP contribution is 2.28. The molecule has 150 valence electrons. The number of nitrogens with zero attached hydrogens (tertiary/aromatic N) is 2. The van der Waals surface area contributed by atoms with Crippen LogP contribution in [0.2, 0.25) is 0 Å². The molecule has 0 bridgehead atoms. The fraction of sp³-hybridized carbons (Fsp3) is 0.0556. The van der Waals surface area contributed by atoms with E-state index in [9.17, 15) is 17.9 Å². The molecule has 0 aliphatic rings. The Kier molecular flexibility index (Phi) is 6.20. The summed E-state index contributed by atoms with van der Waals surface area (Å²) in [6.45, 7) is 1.74. The van der Waals surface area contributed by atoms with Gasteiger partial charge in [0.2, 0.25) is 5.95 Å². The molecule has 1 amide bonds. The largest absolute Gasteiger partial charge is 0.768 e. The monoisotopic (exact) mass is 478 g/mol. The molecule has 1 heterocycles. The molecule has 1 atom stereocenters. The third-order valence-corrected chi connectivity index (χ3v) is 5.11. The predicted molar refractivity (Wildman–Crippen MR) is 110 cm³/mol. The van der Waals surface area contributed by atoms with E-state index in [0.29, 0.717) is 15.7 Å². The number of aryl methyl sites for hydroxylation is 1. The first-order valence-corrected chi connectivity index (χ1v) is 9.98. The van der Waals surface area contributed by atoms with Crippen molar-refractivity contribution in [2.24, 2.45) is 5.73 Å².